The summed E-state index contributed by atoms with van der Waals surface area (Å²) in [4.78, 5) is 0. The van der Waals surface area contributed by atoms with Crippen molar-refractivity contribution < 1.29 is 12.6 Å². The van der Waals surface area contributed by atoms with E-state index in [1.807, 2.05) is 24.3 Å². The van der Waals surface area contributed by atoms with Gasteiger partial charge in [0.15, 0.2) is 5.72 Å². The van der Waals surface area contributed by atoms with Crippen molar-refractivity contribution in [3.8, 4) is 12.3 Å². The van der Waals surface area contributed by atoms with Gasteiger partial charge in [0.1, 0.15) is 0 Å². The first-order valence-corrected chi connectivity index (χ1v) is 7.46. The molecule has 0 aliphatic heterocycles. The zero-order valence-electron chi connectivity index (χ0n) is 10.1. The van der Waals surface area contributed by atoms with Crippen molar-refractivity contribution in [2.24, 2.45) is 0 Å². The quantitative estimate of drug-likeness (QED) is 0.501. The third kappa shape index (κ3) is 2.56. The molecule has 96 valence electrons. The average molecular weight is 265 g/mol. The van der Waals surface area contributed by atoms with Gasteiger partial charge in [-0.25, -0.2) is 4.18 Å². The van der Waals surface area contributed by atoms with Crippen LogP contribution in [0.25, 0.3) is 0 Å². The molecule has 0 amide bonds. The molecule has 0 unspecified atom stereocenters. The van der Waals surface area contributed by atoms with Crippen LogP contribution in [0.3, 0.4) is 0 Å². The van der Waals surface area contributed by atoms with Gasteiger partial charge < -0.3 is 0 Å². The molecule has 0 spiro atoms. The normalized spacial score (nSPS) is 22.4. The minimum atomic E-state index is -3.57. The fourth-order valence-electron chi connectivity index (χ4n) is 2.33. The Morgan fingerprint density at radius 1 is 1.50 bits per heavy atom. The van der Waals surface area contributed by atoms with Crippen molar-refractivity contribution >= 4 is 10.1 Å². The van der Waals surface area contributed by atoms with Crippen LogP contribution in [0.5, 0.6) is 0 Å². The highest BCUT2D eigenvalue weighted by Gasteiger charge is 2.42. The Morgan fingerprint density at radius 2 is 2.22 bits per heavy atom. The molecule has 0 aromatic heterocycles. The van der Waals surface area contributed by atoms with E-state index in [0.717, 1.165) is 23.8 Å². The van der Waals surface area contributed by atoms with Crippen LogP contribution in [-0.4, -0.2) is 21.2 Å². The number of hydrogen-bond acceptors (Lipinski definition) is 4. The third-order valence-corrected chi connectivity index (χ3v) is 3.56. The predicted octanol–water partition coefficient (Wildman–Crippen LogP) is 0.985. The van der Waals surface area contributed by atoms with E-state index in [-0.39, 0.29) is 6.54 Å². The Kier molecular flexibility index (Phi) is 3.44. The van der Waals surface area contributed by atoms with Gasteiger partial charge in [-0.1, -0.05) is 30.2 Å². The summed E-state index contributed by atoms with van der Waals surface area (Å²) in [6.07, 6.45) is 7.60. The first-order chi connectivity index (χ1) is 8.47. The number of hydrogen-bond donors (Lipinski definition) is 1. The van der Waals surface area contributed by atoms with Crippen molar-refractivity contribution in [3.05, 3.63) is 35.4 Å². The molecule has 1 atom stereocenters. The van der Waals surface area contributed by atoms with Crippen molar-refractivity contribution in [2.75, 3.05) is 12.8 Å². The van der Waals surface area contributed by atoms with Crippen LogP contribution in [0.4, 0.5) is 0 Å². The summed E-state index contributed by atoms with van der Waals surface area (Å²) in [5.74, 6) is 2.45. The van der Waals surface area contributed by atoms with Crippen molar-refractivity contribution in [1.82, 2.24) is 5.32 Å². The van der Waals surface area contributed by atoms with Crippen LogP contribution >= 0.6 is 0 Å². The SMILES string of the molecule is C#CCN[C@@]1(OS(C)(=O)=O)CCc2ccccc21. The van der Waals surface area contributed by atoms with E-state index in [1.165, 1.54) is 0 Å². The number of nitrogens with one attached hydrogen (secondary N) is 1. The predicted molar refractivity (Wildman–Crippen MR) is 69.2 cm³/mol. The lowest BCUT2D eigenvalue weighted by Crippen LogP contribution is -2.44. The largest absolute Gasteiger partial charge is 0.273 e. The molecule has 0 heterocycles. The zero-order chi connectivity index (χ0) is 13.2. The summed E-state index contributed by atoms with van der Waals surface area (Å²) >= 11 is 0. The monoisotopic (exact) mass is 265 g/mol. The first-order valence-electron chi connectivity index (χ1n) is 5.64. The van der Waals surface area contributed by atoms with E-state index >= 15 is 0 Å². The van der Waals surface area contributed by atoms with Crippen LogP contribution in [0.15, 0.2) is 24.3 Å². The minimum absolute atomic E-state index is 0.254. The van der Waals surface area contributed by atoms with E-state index in [2.05, 4.69) is 11.2 Å². The molecular formula is C13H15NO3S. The fourth-order valence-corrected chi connectivity index (χ4v) is 3.08. The average Bonchev–Trinajstić information content (AvgIpc) is 2.65. The van der Waals surface area contributed by atoms with Crippen LogP contribution in [0.1, 0.15) is 17.5 Å². The Balaban J connectivity index is 2.42. The Morgan fingerprint density at radius 3 is 2.89 bits per heavy atom. The maximum Gasteiger partial charge on any atom is 0.266 e. The van der Waals surface area contributed by atoms with E-state index in [4.69, 9.17) is 10.6 Å². The summed E-state index contributed by atoms with van der Waals surface area (Å²) in [5, 5.41) is 3.02. The van der Waals surface area contributed by atoms with Crippen molar-refractivity contribution in [3.63, 3.8) is 0 Å². The highest BCUT2D eigenvalue weighted by Crippen LogP contribution is 2.38. The molecule has 0 radical (unpaired) electrons. The van der Waals surface area contributed by atoms with Gasteiger partial charge in [0.25, 0.3) is 10.1 Å². The van der Waals surface area contributed by atoms with E-state index < -0.39 is 15.8 Å². The van der Waals surface area contributed by atoms with Crippen molar-refractivity contribution in [1.29, 1.82) is 0 Å². The molecule has 2 rings (SSSR count). The molecule has 1 aliphatic rings. The van der Waals surface area contributed by atoms with Gasteiger partial charge in [0.2, 0.25) is 0 Å². The van der Waals surface area contributed by atoms with E-state index in [1.54, 1.807) is 0 Å². The lowest BCUT2D eigenvalue weighted by atomic mass is 10.1. The first kappa shape index (κ1) is 13.1. The lowest BCUT2D eigenvalue weighted by molar-refractivity contribution is 0.0436. The Labute approximate surface area is 107 Å². The maximum atomic E-state index is 11.5. The van der Waals surface area contributed by atoms with Gasteiger partial charge in [-0.15, -0.1) is 6.42 Å². The zero-order valence-corrected chi connectivity index (χ0v) is 11.0. The highest BCUT2D eigenvalue weighted by atomic mass is 32.2. The minimum Gasteiger partial charge on any atom is -0.273 e. The van der Waals surface area contributed by atoms with Gasteiger partial charge in [0.05, 0.1) is 12.8 Å². The second kappa shape index (κ2) is 4.73. The van der Waals surface area contributed by atoms with Gasteiger partial charge in [-0.05, 0) is 18.4 Å². The lowest BCUT2D eigenvalue weighted by Gasteiger charge is -2.29. The smallest absolute Gasteiger partial charge is 0.266 e. The summed E-state index contributed by atoms with van der Waals surface area (Å²) < 4.78 is 28.2. The van der Waals surface area contributed by atoms with Crippen molar-refractivity contribution in [2.45, 2.75) is 18.6 Å². The summed E-state index contributed by atoms with van der Waals surface area (Å²) in [6, 6.07) is 7.63. The molecule has 1 aromatic rings. The number of rotatable bonds is 4. The number of aryl methyl sites for hydroxylation is 1. The van der Waals surface area contributed by atoms with Crippen LogP contribution in [0.2, 0.25) is 0 Å². The number of terminal acetylenes is 1. The van der Waals surface area contributed by atoms with Crippen LogP contribution < -0.4 is 5.32 Å². The van der Waals surface area contributed by atoms with Gasteiger partial charge in [0, 0.05) is 5.56 Å². The molecule has 4 nitrogen and oxygen atoms in total. The molecule has 1 N–H and O–H groups in total. The Bertz CT molecular complexity index is 588. The van der Waals surface area contributed by atoms with Gasteiger partial charge in [-0.3, -0.25) is 5.32 Å². The molecule has 0 fully saturated rings. The van der Waals surface area contributed by atoms with E-state index in [0.29, 0.717) is 6.42 Å². The highest BCUT2D eigenvalue weighted by molar-refractivity contribution is 7.86. The van der Waals surface area contributed by atoms with Crippen LogP contribution in [-0.2, 0) is 26.4 Å². The fraction of sp³-hybridized carbons (Fsp3) is 0.385. The number of fused-ring (bicyclic) bond motifs is 1. The standard InChI is InChI=1S/C13H15NO3S/c1-3-10-14-13(17-18(2,15)16)9-8-11-6-4-5-7-12(11)13/h1,4-7,14H,8-10H2,2H3/t13-/m1/s1. The molecule has 1 aliphatic carbocycles. The molecule has 0 saturated carbocycles. The summed E-state index contributed by atoms with van der Waals surface area (Å²) in [6.45, 7) is 0.254. The summed E-state index contributed by atoms with van der Waals surface area (Å²) in [7, 11) is -3.57. The second-order valence-electron chi connectivity index (χ2n) is 4.33. The number of benzene rings is 1. The van der Waals surface area contributed by atoms with Crippen LogP contribution in [0, 0.1) is 12.3 Å². The second-order valence-corrected chi connectivity index (χ2v) is 5.90. The maximum absolute atomic E-state index is 11.5. The molecule has 18 heavy (non-hydrogen) atoms. The molecule has 1 aromatic carbocycles. The molecule has 0 saturated heterocycles. The molecule has 5 heteroatoms. The summed E-state index contributed by atoms with van der Waals surface area (Å²) in [5.41, 5.74) is 0.924. The third-order valence-electron chi connectivity index (χ3n) is 2.97. The Hall–Kier alpha value is -1.35. The topological polar surface area (TPSA) is 55.4 Å². The van der Waals surface area contributed by atoms with E-state index in [9.17, 15) is 8.42 Å². The molecule has 0 bridgehead atoms. The molecular weight excluding hydrogens is 250 g/mol. The van der Waals surface area contributed by atoms with Gasteiger partial charge >= 0.3 is 0 Å². The van der Waals surface area contributed by atoms with Gasteiger partial charge in [-0.2, -0.15) is 8.42 Å².